The second kappa shape index (κ2) is 9.64. The molecule has 0 aliphatic carbocycles. The number of benzene rings is 2. The first-order chi connectivity index (χ1) is 14.7. The summed E-state index contributed by atoms with van der Waals surface area (Å²) in [5.74, 6) is -1.74. The van der Waals surface area contributed by atoms with E-state index in [-0.39, 0.29) is 11.3 Å². The third-order valence-corrected chi connectivity index (χ3v) is 5.31. The average molecular weight is 433 g/mol. The van der Waals surface area contributed by atoms with Gasteiger partial charge in [-0.05, 0) is 39.3 Å². The van der Waals surface area contributed by atoms with E-state index in [1.807, 2.05) is 30.3 Å². The van der Waals surface area contributed by atoms with Gasteiger partial charge in [0.2, 0.25) is 0 Å². The number of rotatable bonds is 5. The fourth-order valence-electron chi connectivity index (χ4n) is 3.99. The van der Waals surface area contributed by atoms with E-state index in [2.05, 4.69) is 10.2 Å². The number of halogens is 2. The molecule has 5 nitrogen and oxygen atoms in total. The van der Waals surface area contributed by atoms with E-state index < -0.39 is 35.3 Å². The number of carbonyl (C=O) groups excluding carboxylic acids is 1. The smallest absolute Gasteiger partial charge is 0.407 e. The molecule has 1 fully saturated rings. The second-order valence-electron chi connectivity index (χ2n) is 8.87. The highest BCUT2D eigenvalue weighted by atomic mass is 19.1. The maximum absolute atomic E-state index is 14.8. The Morgan fingerprint density at radius 2 is 1.81 bits per heavy atom. The molecular formula is C24H30F2N2O3. The van der Waals surface area contributed by atoms with Crippen LogP contribution in [-0.2, 0) is 11.3 Å². The standard InChI is InChI=1S/C24H30F2N2O3/c1-24(2,3)31-23(29)27-21-15-28(14-16-8-6-5-7-9-16)11-10-18(21)22-19(25)12-17(30-4)13-20(22)26/h5-9,12-13,18,21H,10-11,14-15H2,1-4H3,(H,27,29)/t18-,21-/m1/s1. The van der Waals surface area contributed by atoms with E-state index in [9.17, 15) is 13.6 Å². The van der Waals surface area contributed by atoms with Crippen molar-refractivity contribution >= 4 is 6.09 Å². The van der Waals surface area contributed by atoms with Gasteiger partial charge >= 0.3 is 6.09 Å². The number of piperidine rings is 1. The number of carbonyl (C=O) groups is 1. The van der Waals surface area contributed by atoms with Crippen molar-refractivity contribution in [1.29, 1.82) is 0 Å². The normalized spacial score (nSPS) is 19.7. The average Bonchev–Trinajstić information content (AvgIpc) is 2.68. The number of nitrogens with one attached hydrogen (secondary N) is 1. The SMILES string of the molecule is COc1cc(F)c([C@@H]2CCN(Cc3ccccc3)C[C@H]2NC(=O)OC(C)(C)C)c(F)c1. The molecule has 1 amide bonds. The highest BCUT2D eigenvalue weighted by molar-refractivity contribution is 5.68. The minimum Gasteiger partial charge on any atom is -0.497 e. The highest BCUT2D eigenvalue weighted by Gasteiger charge is 2.36. The summed E-state index contributed by atoms with van der Waals surface area (Å²) in [4.78, 5) is 14.7. The van der Waals surface area contributed by atoms with Gasteiger partial charge in [-0.3, -0.25) is 4.90 Å². The summed E-state index contributed by atoms with van der Waals surface area (Å²) in [5, 5.41) is 2.86. The van der Waals surface area contributed by atoms with Crippen molar-refractivity contribution in [2.75, 3.05) is 20.2 Å². The van der Waals surface area contributed by atoms with Gasteiger partial charge in [0.25, 0.3) is 0 Å². The molecule has 1 heterocycles. The molecule has 1 aliphatic heterocycles. The molecule has 31 heavy (non-hydrogen) atoms. The maximum atomic E-state index is 14.8. The van der Waals surface area contributed by atoms with Gasteiger partial charge in [-0.2, -0.15) is 0 Å². The Morgan fingerprint density at radius 3 is 2.39 bits per heavy atom. The van der Waals surface area contributed by atoms with Crippen molar-refractivity contribution in [1.82, 2.24) is 10.2 Å². The fourth-order valence-corrected chi connectivity index (χ4v) is 3.99. The number of methoxy groups -OCH3 is 1. The topological polar surface area (TPSA) is 50.8 Å². The molecule has 2 atom stereocenters. The lowest BCUT2D eigenvalue weighted by Crippen LogP contribution is -2.52. The monoisotopic (exact) mass is 432 g/mol. The number of alkyl carbamates (subject to hydrolysis) is 1. The van der Waals surface area contributed by atoms with Gasteiger partial charge in [-0.1, -0.05) is 30.3 Å². The predicted molar refractivity (Wildman–Crippen MR) is 115 cm³/mol. The largest absolute Gasteiger partial charge is 0.497 e. The van der Waals surface area contributed by atoms with Gasteiger partial charge in [0.05, 0.1) is 13.2 Å². The molecule has 0 aromatic heterocycles. The lowest BCUT2D eigenvalue weighted by atomic mass is 9.84. The van der Waals surface area contributed by atoms with Crippen molar-refractivity contribution < 1.29 is 23.0 Å². The van der Waals surface area contributed by atoms with Gasteiger partial charge in [-0.25, -0.2) is 13.6 Å². The summed E-state index contributed by atoms with van der Waals surface area (Å²) in [5.41, 5.74) is 0.439. The van der Waals surface area contributed by atoms with Crippen molar-refractivity contribution in [3.8, 4) is 5.75 Å². The minimum atomic E-state index is -0.672. The number of likely N-dealkylation sites (tertiary alicyclic amines) is 1. The Bertz CT molecular complexity index is 876. The van der Waals surface area contributed by atoms with Gasteiger partial charge in [-0.15, -0.1) is 0 Å². The summed E-state index contributed by atoms with van der Waals surface area (Å²) >= 11 is 0. The molecule has 0 spiro atoms. The Balaban J connectivity index is 1.84. The van der Waals surface area contributed by atoms with Crippen LogP contribution in [0.25, 0.3) is 0 Å². The molecule has 0 bridgehead atoms. The van der Waals surface area contributed by atoms with Crippen molar-refractivity contribution in [3.63, 3.8) is 0 Å². The van der Waals surface area contributed by atoms with E-state index in [1.54, 1.807) is 20.8 Å². The second-order valence-corrected chi connectivity index (χ2v) is 8.87. The molecule has 1 aliphatic rings. The van der Waals surface area contributed by atoms with E-state index >= 15 is 0 Å². The number of amides is 1. The van der Waals surface area contributed by atoms with Crippen LogP contribution in [0.2, 0.25) is 0 Å². The van der Waals surface area contributed by atoms with Gasteiger partial charge in [0, 0.05) is 36.7 Å². The molecule has 1 saturated heterocycles. The molecule has 3 rings (SSSR count). The Hall–Kier alpha value is -2.67. The minimum absolute atomic E-state index is 0.0266. The van der Waals surface area contributed by atoms with E-state index in [1.165, 1.54) is 19.2 Å². The molecule has 7 heteroatoms. The van der Waals surface area contributed by atoms with Gasteiger partial charge < -0.3 is 14.8 Å². The van der Waals surface area contributed by atoms with Crippen molar-refractivity contribution in [2.24, 2.45) is 0 Å². The zero-order valence-corrected chi connectivity index (χ0v) is 18.5. The number of hydrogen-bond acceptors (Lipinski definition) is 4. The molecule has 0 saturated carbocycles. The molecule has 168 valence electrons. The van der Waals surface area contributed by atoms with E-state index in [0.29, 0.717) is 26.1 Å². The first kappa shape index (κ1) is 23.0. The van der Waals surface area contributed by atoms with Crippen LogP contribution in [0.5, 0.6) is 5.75 Å². The Kier molecular flexibility index (Phi) is 7.15. The van der Waals surface area contributed by atoms with Gasteiger partial charge in [0.1, 0.15) is 23.0 Å². The predicted octanol–water partition coefficient (Wildman–Crippen LogP) is 4.86. The summed E-state index contributed by atoms with van der Waals surface area (Å²) in [7, 11) is 1.36. The highest BCUT2D eigenvalue weighted by Crippen LogP contribution is 2.34. The maximum Gasteiger partial charge on any atom is 0.407 e. The quantitative estimate of drug-likeness (QED) is 0.733. The van der Waals surface area contributed by atoms with Crippen LogP contribution in [0, 0.1) is 11.6 Å². The number of ether oxygens (including phenoxy) is 2. The molecule has 0 radical (unpaired) electrons. The first-order valence-electron chi connectivity index (χ1n) is 10.4. The Morgan fingerprint density at radius 1 is 1.16 bits per heavy atom. The lowest BCUT2D eigenvalue weighted by molar-refractivity contribution is 0.0453. The third kappa shape index (κ3) is 6.17. The third-order valence-electron chi connectivity index (χ3n) is 5.31. The zero-order chi connectivity index (χ0) is 22.6. The molecule has 0 unspecified atom stereocenters. The lowest BCUT2D eigenvalue weighted by Gasteiger charge is -2.39. The Labute approximate surface area is 182 Å². The fraction of sp³-hybridized carbons (Fsp3) is 0.458. The van der Waals surface area contributed by atoms with Crippen LogP contribution in [-0.4, -0.2) is 42.8 Å². The molecule has 2 aromatic rings. The molecular weight excluding hydrogens is 402 g/mol. The van der Waals surface area contributed by atoms with Crippen LogP contribution in [0.3, 0.4) is 0 Å². The van der Waals surface area contributed by atoms with Crippen LogP contribution in [0.1, 0.15) is 44.2 Å². The van der Waals surface area contributed by atoms with E-state index in [0.717, 1.165) is 5.56 Å². The van der Waals surface area contributed by atoms with Crippen LogP contribution < -0.4 is 10.1 Å². The van der Waals surface area contributed by atoms with Gasteiger partial charge in [0.15, 0.2) is 0 Å². The summed E-state index contributed by atoms with van der Waals surface area (Å²) in [6.45, 7) is 7.11. The van der Waals surface area contributed by atoms with Crippen LogP contribution >= 0.6 is 0 Å². The van der Waals surface area contributed by atoms with Crippen molar-refractivity contribution in [3.05, 3.63) is 65.2 Å². The summed E-state index contributed by atoms with van der Waals surface area (Å²) < 4.78 is 40.0. The summed E-state index contributed by atoms with van der Waals surface area (Å²) in [6.07, 6.45) is -0.105. The van der Waals surface area contributed by atoms with Crippen molar-refractivity contribution in [2.45, 2.75) is 51.3 Å². The summed E-state index contributed by atoms with van der Waals surface area (Å²) in [6, 6.07) is 11.8. The number of nitrogens with zero attached hydrogens (tertiary/aromatic N) is 1. The van der Waals surface area contributed by atoms with Crippen LogP contribution in [0.4, 0.5) is 13.6 Å². The number of hydrogen-bond donors (Lipinski definition) is 1. The van der Waals surface area contributed by atoms with E-state index in [4.69, 9.17) is 9.47 Å². The van der Waals surface area contributed by atoms with Crippen LogP contribution in [0.15, 0.2) is 42.5 Å². The molecule has 1 N–H and O–H groups in total. The zero-order valence-electron chi connectivity index (χ0n) is 18.5. The first-order valence-corrected chi connectivity index (χ1v) is 10.4. The molecule has 2 aromatic carbocycles.